The monoisotopic (exact) mass is 335 g/mol. The minimum atomic E-state index is -0.231. The summed E-state index contributed by atoms with van der Waals surface area (Å²) < 4.78 is 14.2. The van der Waals surface area contributed by atoms with E-state index in [2.05, 4.69) is 15.2 Å². The zero-order valence-corrected chi connectivity index (χ0v) is 14.5. The van der Waals surface area contributed by atoms with Crippen LogP contribution in [0.15, 0.2) is 18.2 Å². The lowest BCUT2D eigenvalue weighted by Crippen LogP contribution is -2.47. The number of amides is 1. The molecule has 1 aromatic carbocycles. The van der Waals surface area contributed by atoms with Crippen LogP contribution in [0.4, 0.5) is 9.52 Å². The van der Waals surface area contributed by atoms with Crippen LogP contribution in [0.2, 0.25) is 0 Å². The van der Waals surface area contributed by atoms with E-state index in [9.17, 15) is 9.18 Å². The summed E-state index contributed by atoms with van der Waals surface area (Å²) in [5.41, 5.74) is 0.643. The number of benzene rings is 1. The van der Waals surface area contributed by atoms with Crippen molar-refractivity contribution in [2.24, 2.45) is 5.92 Å². The molecule has 23 heavy (non-hydrogen) atoms. The van der Waals surface area contributed by atoms with Crippen molar-refractivity contribution in [2.75, 3.05) is 18.0 Å². The maximum Gasteiger partial charge on any atom is 0.223 e. The molecule has 1 fully saturated rings. The van der Waals surface area contributed by atoms with Crippen molar-refractivity contribution in [3.05, 3.63) is 24.0 Å². The van der Waals surface area contributed by atoms with Gasteiger partial charge in [-0.2, -0.15) is 0 Å². The molecule has 1 aliphatic heterocycles. The summed E-state index contributed by atoms with van der Waals surface area (Å²) in [6.45, 7) is 7.62. The number of halogens is 1. The quantitative estimate of drug-likeness (QED) is 0.912. The molecule has 6 heteroatoms. The number of nitrogens with zero attached hydrogens (tertiary/aromatic N) is 2. The van der Waals surface area contributed by atoms with Gasteiger partial charge in [0.25, 0.3) is 0 Å². The van der Waals surface area contributed by atoms with E-state index < -0.39 is 0 Å². The number of hydrogen-bond acceptors (Lipinski definition) is 4. The second-order valence-electron chi connectivity index (χ2n) is 7.11. The van der Waals surface area contributed by atoms with Gasteiger partial charge in [-0.1, -0.05) is 11.3 Å². The molecule has 0 unspecified atom stereocenters. The summed E-state index contributed by atoms with van der Waals surface area (Å²) in [5, 5.41) is 3.98. The predicted octanol–water partition coefficient (Wildman–Crippen LogP) is 3.57. The summed E-state index contributed by atoms with van der Waals surface area (Å²) >= 11 is 1.51. The Hall–Kier alpha value is -1.69. The lowest BCUT2D eigenvalue weighted by Gasteiger charge is -2.32. The number of carbonyl (C=O) groups excluding carboxylic acids is 1. The Kier molecular flexibility index (Phi) is 4.27. The lowest BCUT2D eigenvalue weighted by molar-refractivity contribution is -0.127. The Morgan fingerprint density at radius 3 is 2.70 bits per heavy atom. The first-order valence-corrected chi connectivity index (χ1v) is 8.76. The van der Waals surface area contributed by atoms with Gasteiger partial charge < -0.3 is 10.2 Å². The molecule has 124 valence electrons. The molecule has 0 radical (unpaired) electrons. The molecule has 1 amide bonds. The molecule has 1 aromatic heterocycles. The number of aromatic nitrogens is 1. The zero-order chi connectivity index (χ0) is 16.6. The van der Waals surface area contributed by atoms with E-state index in [4.69, 9.17) is 0 Å². The van der Waals surface area contributed by atoms with E-state index in [1.165, 1.54) is 23.5 Å². The van der Waals surface area contributed by atoms with Gasteiger partial charge in [-0.3, -0.25) is 4.79 Å². The van der Waals surface area contributed by atoms with E-state index in [-0.39, 0.29) is 23.2 Å². The fourth-order valence-electron chi connectivity index (χ4n) is 2.83. The van der Waals surface area contributed by atoms with Gasteiger partial charge in [-0.25, -0.2) is 9.37 Å². The second kappa shape index (κ2) is 6.07. The zero-order valence-electron chi connectivity index (χ0n) is 13.7. The molecule has 1 N–H and O–H groups in total. The van der Waals surface area contributed by atoms with E-state index >= 15 is 0 Å². The maximum atomic E-state index is 13.3. The van der Waals surface area contributed by atoms with Crippen LogP contribution in [0.25, 0.3) is 10.2 Å². The van der Waals surface area contributed by atoms with Gasteiger partial charge in [-0.15, -0.1) is 0 Å². The molecule has 0 saturated carbocycles. The summed E-state index contributed by atoms with van der Waals surface area (Å²) in [7, 11) is 0. The van der Waals surface area contributed by atoms with Crippen molar-refractivity contribution in [3.8, 4) is 0 Å². The molecule has 2 heterocycles. The van der Waals surface area contributed by atoms with Crippen LogP contribution in [0.3, 0.4) is 0 Å². The Bertz CT molecular complexity index is 714. The van der Waals surface area contributed by atoms with Crippen LogP contribution >= 0.6 is 11.3 Å². The number of carbonyl (C=O) groups is 1. The molecular formula is C17H22FN3OS. The van der Waals surface area contributed by atoms with Crippen molar-refractivity contribution >= 4 is 32.6 Å². The van der Waals surface area contributed by atoms with Gasteiger partial charge in [0.05, 0.1) is 10.2 Å². The predicted molar refractivity (Wildman–Crippen MR) is 92.4 cm³/mol. The Labute approximate surface area is 139 Å². The van der Waals surface area contributed by atoms with Crippen LogP contribution in [-0.2, 0) is 4.79 Å². The third-order valence-electron chi connectivity index (χ3n) is 3.97. The Morgan fingerprint density at radius 2 is 2.04 bits per heavy atom. The van der Waals surface area contributed by atoms with Gasteiger partial charge in [-0.05, 0) is 51.8 Å². The van der Waals surface area contributed by atoms with E-state index in [0.29, 0.717) is 0 Å². The van der Waals surface area contributed by atoms with Crippen molar-refractivity contribution in [3.63, 3.8) is 0 Å². The van der Waals surface area contributed by atoms with E-state index in [1.807, 2.05) is 20.8 Å². The topological polar surface area (TPSA) is 45.2 Å². The number of thiazole rings is 1. The van der Waals surface area contributed by atoms with E-state index in [0.717, 1.165) is 41.3 Å². The van der Waals surface area contributed by atoms with Crippen molar-refractivity contribution in [1.29, 1.82) is 0 Å². The Balaban J connectivity index is 1.65. The average molecular weight is 335 g/mol. The summed E-state index contributed by atoms with van der Waals surface area (Å²) in [5.74, 6) is -0.0221. The van der Waals surface area contributed by atoms with Crippen LogP contribution in [0.5, 0.6) is 0 Å². The molecular weight excluding hydrogens is 313 g/mol. The highest BCUT2D eigenvalue weighted by Gasteiger charge is 2.28. The maximum absolute atomic E-state index is 13.3. The first kappa shape index (κ1) is 16.2. The number of hydrogen-bond donors (Lipinski definition) is 1. The molecule has 2 aromatic rings. The number of rotatable bonds is 2. The first-order chi connectivity index (χ1) is 10.8. The fraction of sp³-hybridized carbons (Fsp3) is 0.529. The van der Waals surface area contributed by atoms with Crippen LogP contribution in [0, 0.1) is 11.7 Å². The highest BCUT2D eigenvalue weighted by Crippen LogP contribution is 2.32. The number of piperidine rings is 1. The smallest absolute Gasteiger partial charge is 0.223 e. The highest BCUT2D eigenvalue weighted by molar-refractivity contribution is 7.22. The number of fused-ring (bicyclic) bond motifs is 1. The molecule has 4 nitrogen and oxygen atoms in total. The molecule has 0 spiro atoms. The van der Waals surface area contributed by atoms with Gasteiger partial charge >= 0.3 is 0 Å². The standard InChI is InChI=1S/C17H22FN3OS/c1-17(2,3)20-15(22)11-6-8-21(9-7-11)16-19-13-5-4-12(18)10-14(13)23-16/h4-5,10-11H,6-9H2,1-3H3,(H,20,22). The van der Waals surface area contributed by atoms with Crippen molar-refractivity contribution < 1.29 is 9.18 Å². The van der Waals surface area contributed by atoms with Crippen molar-refractivity contribution in [1.82, 2.24) is 10.3 Å². The SMILES string of the molecule is CC(C)(C)NC(=O)C1CCN(c2nc3ccc(F)cc3s2)CC1. The van der Waals surface area contributed by atoms with Crippen molar-refractivity contribution in [2.45, 2.75) is 39.2 Å². The summed E-state index contributed by atoms with van der Waals surface area (Å²) in [6, 6.07) is 4.68. The normalized spacial score (nSPS) is 16.8. The average Bonchev–Trinajstić information content (AvgIpc) is 2.88. The minimum absolute atomic E-state index is 0.0669. The van der Waals surface area contributed by atoms with E-state index in [1.54, 1.807) is 6.07 Å². The number of anilines is 1. The third kappa shape index (κ3) is 3.80. The van der Waals surface area contributed by atoms with Crippen LogP contribution in [0.1, 0.15) is 33.6 Å². The first-order valence-electron chi connectivity index (χ1n) is 7.95. The Morgan fingerprint density at radius 1 is 1.35 bits per heavy atom. The van der Waals surface area contributed by atoms with Gasteiger partial charge in [0, 0.05) is 24.5 Å². The summed E-state index contributed by atoms with van der Waals surface area (Å²) in [4.78, 5) is 19.0. The molecule has 0 aliphatic carbocycles. The lowest BCUT2D eigenvalue weighted by atomic mass is 9.95. The molecule has 3 rings (SSSR count). The second-order valence-corrected chi connectivity index (χ2v) is 8.12. The molecule has 0 bridgehead atoms. The molecule has 1 aliphatic rings. The van der Waals surface area contributed by atoms with Crippen LogP contribution < -0.4 is 10.2 Å². The third-order valence-corrected chi connectivity index (χ3v) is 5.05. The van der Waals surface area contributed by atoms with Gasteiger partial charge in [0.15, 0.2) is 5.13 Å². The number of nitrogens with one attached hydrogen (secondary N) is 1. The van der Waals surface area contributed by atoms with Gasteiger partial charge in [0.1, 0.15) is 5.82 Å². The van der Waals surface area contributed by atoms with Gasteiger partial charge in [0.2, 0.25) is 5.91 Å². The largest absolute Gasteiger partial charge is 0.351 e. The van der Waals surface area contributed by atoms with Crippen LogP contribution in [-0.4, -0.2) is 29.5 Å². The molecule has 1 saturated heterocycles. The highest BCUT2D eigenvalue weighted by atomic mass is 32.1. The minimum Gasteiger partial charge on any atom is -0.351 e. The molecule has 0 atom stereocenters. The summed E-state index contributed by atoms with van der Waals surface area (Å²) in [6.07, 6.45) is 1.65. The fourth-order valence-corrected chi connectivity index (χ4v) is 3.87.